The molecule has 2 amide bonds. The fourth-order valence-electron chi connectivity index (χ4n) is 2.08. The number of amides is 2. The molecule has 0 fully saturated rings. The van der Waals surface area contributed by atoms with E-state index in [1.165, 1.54) is 24.3 Å². The van der Waals surface area contributed by atoms with Gasteiger partial charge in [0.25, 0.3) is 5.91 Å². The highest BCUT2D eigenvalue weighted by Gasteiger charge is 2.11. The van der Waals surface area contributed by atoms with Crippen molar-refractivity contribution in [1.29, 1.82) is 0 Å². The van der Waals surface area contributed by atoms with E-state index in [1.807, 2.05) is 0 Å². The first kappa shape index (κ1) is 17.7. The smallest absolute Gasteiger partial charge is 0.251 e. The number of rotatable bonds is 6. The maximum Gasteiger partial charge on any atom is 0.251 e. The molecule has 2 aromatic rings. The van der Waals surface area contributed by atoms with Crippen LogP contribution in [0.1, 0.15) is 33.2 Å². The van der Waals surface area contributed by atoms with Gasteiger partial charge in [-0.1, -0.05) is 25.1 Å². The second-order valence-electron chi connectivity index (χ2n) is 5.18. The van der Waals surface area contributed by atoms with Crippen LogP contribution >= 0.6 is 0 Å². The van der Waals surface area contributed by atoms with Crippen molar-refractivity contribution in [2.45, 2.75) is 18.4 Å². The first-order chi connectivity index (χ1) is 11.3. The zero-order chi connectivity index (χ0) is 17.7. The Bertz CT molecular complexity index is 858. The molecule has 0 atom stereocenters. The van der Waals surface area contributed by atoms with Crippen LogP contribution in [0.25, 0.3) is 0 Å². The summed E-state index contributed by atoms with van der Waals surface area (Å²) in [6.07, 6.45) is 0. The van der Waals surface area contributed by atoms with Gasteiger partial charge >= 0.3 is 0 Å². The molecule has 2 aromatic carbocycles. The van der Waals surface area contributed by atoms with Crippen molar-refractivity contribution in [1.82, 2.24) is 5.32 Å². The number of hydrogen-bond acceptors (Lipinski definition) is 4. The molecule has 126 valence electrons. The predicted octanol–water partition coefficient (Wildman–Crippen LogP) is 1.51. The molecule has 0 radical (unpaired) electrons. The molecule has 0 aromatic heterocycles. The van der Waals surface area contributed by atoms with Crippen LogP contribution in [0.5, 0.6) is 0 Å². The second kappa shape index (κ2) is 7.27. The lowest BCUT2D eigenvalue weighted by Gasteiger charge is -2.07. The van der Waals surface area contributed by atoms with Crippen LogP contribution in [0, 0.1) is 0 Å². The van der Waals surface area contributed by atoms with Gasteiger partial charge in [-0.25, -0.2) is 8.42 Å². The van der Waals surface area contributed by atoms with Crippen molar-refractivity contribution in [3.8, 4) is 0 Å². The molecule has 2 rings (SSSR count). The van der Waals surface area contributed by atoms with E-state index in [0.717, 1.165) is 5.56 Å². The van der Waals surface area contributed by atoms with E-state index < -0.39 is 15.7 Å². The van der Waals surface area contributed by atoms with Crippen LogP contribution in [0.15, 0.2) is 53.4 Å². The summed E-state index contributed by atoms with van der Waals surface area (Å²) in [4.78, 5) is 23.5. The van der Waals surface area contributed by atoms with E-state index in [2.05, 4.69) is 5.32 Å². The van der Waals surface area contributed by atoms with Crippen LogP contribution in [0.2, 0.25) is 0 Å². The Morgan fingerprint density at radius 2 is 1.67 bits per heavy atom. The molecule has 0 heterocycles. The van der Waals surface area contributed by atoms with Gasteiger partial charge in [-0.3, -0.25) is 9.59 Å². The summed E-state index contributed by atoms with van der Waals surface area (Å²) >= 11 is 0. The first-order valence-corrected chi connectivity index (χ1v) is 8.98. The Morgan fingerprint density at radius 1 is 1.04 bits per heavy atom. The van der Waals surface area contributed by atoms with Crippen molar-refractivity contribution >= 4 is 21.7 Å². The molecule has 0 aliphatic heterocycles. The van der Waals surface area contributed by atoms with Crippen molar-refractivity contribution in [2.75, 3.05) is 5.75 Å². The average Bonchev–Trinajstić information content (AvgIpc) is 2.60. The molecule has 3 N–H and O–H groups in total. The molecule has 0 spiro atoms. The van der Waals surface area contributed by atoms with Gasteiger partial charge in [-0.05, 0) is 35.9 Å². The maximum atomic E-state index is 12.1. The van der Waals surface area contributed by atoms with Crippen LogP contribution in [0.3, 0.4) is 0 Å². The Balaban J connectivity index is 2.04. The fourth-order valence-corrected chi connectivity index (χ4v) is 2.96. The number of benzene rings is 2. The van der Waals surface area contributed by atoms with Crippen LogP contribution in [-0.2, 0) is 16.4 Å². The number of nitrogens with two attached hydrogens (primary N) is 1. The SMILES string of the molecule is CCS(=O)(=O)c1ccc(CNC(=O)c2cccc(C(N)=O)c2)cc1. The Morgan fingerprint density at radius 3 is 2.25 bits per heavy atom. The quantitative estimate of drug-likeness (QED) is 0.827. The Labute approximate surface area is 140 Å². The van der Waals surface area contributed by atoms with Gasteiger partial charge in [0.05, 0.1) is 10.6 Å². The van der Waals surface area contributed by atoms with Gasteiger partial charge < -0.3 is 11.1 Å². The van der Waals surface area contributed by atoms with Gasteiger partial charge in [0.2, 0.25) is 5.91 Å². The molecule has 7 heteroatoms. The van der Waals surface area contributed by atoms with Crippen molar-refractivity contribution in [3.63, 3.8) is 0 Å². The van der Waals surface area contributed by atoms with Crippen molar-refractivity contribution < 1.29 is 18.0 Å². The van der Waals surface area contributed by atoms with Crippen molar-refractivity contribution in [2.24, 2.45) is 5.73 Å². The minimum Gasteiger partial charge on any atom is -0.366 e. The van der Waals surface area contributed by atoms with Gasteiger partial charge in [0.15, 0.2) is 9.84 Å². The second-order valence-corrected chi connectivity index (χ2v) is 7.45. The van der Waals surface area contributed by atoms with Crippen LogP contribution < -0.4 is 11.1 Å². The minimum absolute atomic E-state index is 0.0410. The van der Waals surface area contributed by atoms with Crippen molar-refractivity contribution in [3.05, 3.63) is 65.2 Å². The lowest BCUT2D eigenvalue weighted by Crippen LogP contribution is -2.23. The van der Waals surface area contributed by atoms with E-state index in [9.17, 15) is 18.0 Å². The third-order valence-corrected chi connectivity index (χ3v) is 5.28. The van der Waals surface area contributed by atoms with E-state index in [-0.39, 0.29) is 28.7 Å². The summed E-state index contributed by atoms with van der Waals surface area (Å²) in [5.41, 5.74) is 6.55. The zero-order valence-electron chi connectivity index (χ0n) is 13.2. The summed E-state index contributed by atoms with van der Waals surface area (Å²) in [5.74, 6) is -0.903. The number of carbonyl (C=O) groups excluding carboxylic acids is 2. The fraction of sp³-hybridized carbons (Fsp3) is 0.176. The van der Waals surface area contributed by atoms with E-state index >= 15 is 0 Å². The average molecular weight is 346 g/mol. The number of nitrogens with one attached hydrogen (secondary N) is 1. The highest BCUT2D eigenvalue weighted by Crippen LogP contribution is 2.12. The summed E-state index contributed by atoms with van der Waals surface area (Å²) in [5, 5.41) is 2.71. The monoisotopic (exact) mass is 346 g/mol. The molecule has 0 saturated heterocycles. The minimum atomic E-state index is -3.23. The van der Waals surface area contributed by atoms with Crippen LogP contribution in [0.4, 0.5) is 0 Å². The normalized spacial score (nSPS) is 11.0. The lowest BCUT2D eigenvalue weighted by atomic mass is 10.1. The highest BCUT2D eigenvalue weighted by molar-refractivity contribution is 7.91. The van der Waals surface area contributed by atoms with E-state index in [1.54, 1.807) is 31.2 Å². The molecule has 0 bridgehead atoms. The number of sulfone groups is 1. The van der Waals surface area contributed by atoms with Crippen LogP contribution in [-0.4, -0.2) is 26.0 Å². The van der Waals surface area contributed by atoms with Gasteiger partial charge in [0.1, 0.15) is 0 Å². The third-order valence-electron chi connectivity index (χ3n) is 3.52. The molecule has 0 unspecified atom stereocenters. The number of carbonyl (C=O) groups is 2. The molecule has 24 heavy (non-hydrogen) atoms. The Hall–Kier alpha value is -2.67. The highest BCUT2D eigenvalue weighted by atomic mass is 32.2. The molecule has 6 nitrogen and oxygen atoms in total. The molecular formula is C17H18N2O4S. The maximum absolute atomic E-state index is 12.1. The molecule has 0 saturated carbocycles. The third kappa shape index (κ3) is 4.20. The first-order valence-electron chi connectivity index (χ1n) is 7.33. The van der Waals surface area contributed by atoms with Gasteiger partial charge in [-0.15, -0.1) is 0 Å². The number of primary amides is 1. The molecular weight excluding hydrogens is 328 g/mol. The summed E-state index contributed by atoms with van der Waals surface area (Å²) in [6.45, 7) is 1.83. The van der Waals surface area contributed by atoms with Gasteiger partial charge in [0, 0.05) is 17.7 Å². The molecule has 0 aliphatic carbocycles. The standard InChI is InChI=1S/C17H18N2O4S/c1-2-24(22,23)15-8-6-12(7-9-15)11-19-17(21)14-5-3-4-13(10-14)16(18)20/h3-10H,2,11H2,1H3,(H2,18,20)(H,19,21). The van der Waals surface area contributed by atoms with E-state index in [0.29, 0.717) is 5.56 Å². The summed E-state index contributed by atoms with van der Waals surface area (Å²) in [6, 6.07) is 12.5. The number of hydrogen-bond donors (Lipinski definition) is 2. The predicted molar refractivity (Wildman–Crippen MR) is 90.3 cm³/mol. The zero-order valence-corrected chi connectivity index (χ0v) is 14.0. The Kier molecular flexibility index (Phi) is 5.35. The summed E-state index contributed by atoms with van der Waals surface area (Å²) in [7, 11) is -3.23. The van der Waals surface area contributed by atoms with Gasteiger partial charge in [-0.2, -0.15) is 0 Å². The van der Waals surface area contributed by atoms with E-state index in [4.69, 9.17) is 5.73 Å². The lowest BCUT2D eigenvalue weighted by molar-refractivity contribution is 0.0951. The molecule has 0 aliphatic rings. The topological polar surface area (TPSA) is 106 Å². The summed E-state index contributed by atoms with van der Waals surface area (Å²) < 4.78 is 23.5. The largest absolute Gasteiger partial charge is 0.366 e.